The number of fused-ring (bicyclic) bond motifs is 3. The summed E-state index contributed by atoms with van der Waals surface area (Å²) in [5.41, 5.74) is 6.35. The topological polar surface area (TPSA) is 70.4 Å². The van der Waals surface area contributed by atoms with Gasteiger partial charge in [0.05, 0.1) is 19.9 Å². The zero-order valence-corrected chi connectivity index (χ0v) is 19.1. The van der Waals surface area contributed by atoms with Gasteiger partial charge >= 0.3 is 0 Å². The van der Waals surface area contributed by atoms with Crippen molar-refractivity contribution in [3.05, 3.63) is 101 Å². The number of ether oxygens (including phenoxy) is 3. The highest BCUT2D eigenvalue weighted by Gasteiger charge is 2.41. The molecule has 2 atom stereocenters. The van der Waals surface area contributed by atoms with E-state index in [1.807, 2.05) is 41.1 Å². The smallest absolute Gasteiger partial charge is 0.226 e. The lowest BCUT2D eigenvalue weighted by Gasteiger charge is -2.39. The van der Waals surface area contributed by atoms with Crippen LogP contribution in [0.25, 0.3) is 5.70 Å². The van der Waals surface area contributed by atoms with Crippen LogP contribution in [0.1, 0.15) is 34.4 Å². The summed E-state index contributed by atoms with van der Waals surface area (Å²) < 4.78 is 19.7. The van der Waals surface area contributed by atoms with Crippen molar-refractivity contribution in [1.29, 1.82) is 0 Å². The molecule has 0 bridgehead atoms. The maximum atomic E-state index is 6.69. The van der Waals surface area contributed by atoms with Crippen molar-refractivity contribution in [2.45, 2.75) is 19.1 Å². The third-order valence-electron chi connectivity index (χ3n) is 6.51. The number of hydrogen-bond donors (Lipinski definition) is 1. The van der Waals surface area contributed by atoms with Gasteiger partial charge in [0.25, 0.3) is 0 Å². The van der Waals surface area contributed by atoms with E-state index in [2.05, 4.69) is 52.7 Å². The number of aromatic nitrogens is 3. The Morgan fingerprint density at radius 3 is 2.56 bits per heavy atom. The molecule has 170 valence electrons. The van der Waals surface area contributed by atoms with Gasteiger partial charge in [-0.15, -0.1) is 0 Å². The predicted molar refractivity (Wildman–Crippen MR) is 129 cm³/mol. The lowest BCUT2D eigenvalue weighted by atomic mass is 9.83. The van der Waals surface area contributed by atoms with Gasteiger partial charge < -0.3 is 19.5 Å². The van der Waals surface area contributed by atoms with Crippen LogP contribution >= 0.6 is 0 Å². The maximum Gasteiger partial charge on any atom is 0.226 e. The Bertz CT molecular complexity index is 1420. The van der Waals surface area contributed by atoms with E-state index in [9.17, 15) is 0 Å². The van der Waals surface area contributed by atoms with Crippen LogP contribution in [0.5, 0.6) is 17.2 Å². The van der Waals surface area contributed by atoms with E-state index in [0.717, 1.165) is 33.7 Å². The minimum atomic E-state index is -0.376. The Labute approximate surface area is 197 Å². The van der Waals surface area contributed by atoms with Gasteiger partial charge in [-0.3, -0.25) is 0 Å². The molecule has 6 rings (SSSR count). The fraction of sp³-hybridized carbons (Fsp3) is 0.185. The highest BCUT2D eigenvalue weighted by atomic mass is 16.5. The van der Waals surface area contributed by atoms with Gasteiger partial charge in [-0.05, 0) is 42.3 Å². The van der Waals surface area contributed by atoms with E-state index in [1.165, 1.54) is 5.56 Å². The molecule has 0 spiro atoms. The summed E-state index contributed by atoms with van der Waals surface area (Å²) in [6.07, 6.45) is 1.21. The van der Waals surface area contributed by atoms with Gasteiger partial charge in [0.2, 0.25) is 5.95 Å². The van der Waals surface area contributed by atoms with Gasteiger partial charge in [-0.2, -0.15) is 10.1 Å². The van der Waals surface area contributed by atoms with Crippen LogP contribution in [-0.4, -0.2) is 29.0 Å². The first-order chi connectivity index (χ1) is 16.7. The van der Waals surface area contributed by atoms with Crippen molar-refractivity contribution >= 4 is 11.6 Å². The van der Waals surface area contributed by atoms with Gasteiger partial charge in [0, 0.05) is 16.7 Å². The van der Waals surface area contributed by atoms with Gasteiger partial charge in [-0.25, -0.2) is 4.68 Å². The van der Waals surface area contributed by atoms with Crippen molar-refractivity contribution in [3.63, 3.8) is 0 Å². The SMILES string of the molecule is COc1ccc([C@@H]2Oc3ccccc3C3=C2[C@@H](c2ccccc2C)n2ncnc2N3)cc1OC. The van der Waals surface area contributed by atoms with E-state index >= 15 is 0 Å². The molecule has 0 saturated heterocycles. The zero-order valence-electron chi connectivity index (χ0n) is 19.1. The minimum absolute atomic E-state index is 0.193. The summed E-state index contributed by atoms with van der Waals surface area (Å²) in [6, 6.07) is 22.2. The number of nitrogens with one attached hydrogen (secondary N) is 1. The maximum absolute atomic E-state index is 6.69. The van der Waals surface area contributed by atoms with Gasteiger partial charge in [0.15, 0.2) is 11.5 Å². The minimum Gasteiger partial charge on any atom is -0.493 e. The Hall–Kier alpha value is -4.26. The second-order valence-electron chi connectivity index (χ2n) is 8.35. The quantitative estimate of drug-likeness (QED) is 0.461. The molecule has 0 unspecified atom stereocenters. The molecular formula is C27H24N4O3. The Kier molecular flexibility index (Phi) is 4.76. The highest BCUT2D eigenvalue weighted by molar-refractivity contribution is 5.85. The molecule has 2 aliphatic heterocycles. The van der Waals surface area contributed by atoms with Crippen LogP contribution in [0.4, 0.5) is 5.95 Å². The van der Waals surface area contributed by atoms with Crippen LogP contribution in [0.3, 0.4) is 0 Å². The molecule has 3 heterocycles. The standard InChI is InChI=1S/C27H24N4O3/c1-16-8-4-5-9-18(16)25-23-24(30-27-28-15-29-31(25)27)19-10-6-7-11-20(19)34-26(23)17-12-13-21(32-2)22(14-17)33-3/h4-15,25-26H,1-3H3,(H,28,29,30)/t25-,26+/m1/s1. The van der Waals surface area contributed by atoms with Crippen LogP contribution < -0.4 is 19.5 Å². The summed E-state index contributed by atoms with van der Waals surface area (Å²) in [5, 5.41) is 8.14. The van der Waals surface area contributed by atoms with Crippen molar-refractivity contribution < 1.29 is 14.2 Å². The Balaban J connectivity index is 1.62. The van der Waals surface area contributed by atoms with Gasteiger partial charge in [0.1, 0.15) is 24.2 Å². The largest absolute Gasteiger partial charge is 0.493 e. The number of hydrogen-bond acceptors (Lipinski definition) is 6. The van der Waals surface area contributed by atoms with E-state index in [-0.39, 0.29) is 12.1 Å². The van der Waals surface area contributed by atoms with E-state index < -0.39 is 0 Å². The fourth-order valence-electron chi connectivity index (χ4n) is 4.90. The van der Waals surface area contributed by atoms with Crippen molar-refractivity contribution in [1.82, 2.24) is 14.8 Å². The lowest BCUT2D eigenvalue weighted by Crippen LogP contribution is -2.32. The molecule has 1 aromatic heterocycles. The molecular weight excluding hydrogens is 428 g/mol. The number of rotatable bonds is 4. The molecule has 0 aliphatic carbocycles. The molecule has 3 aromatic carbocycles. The Morgan fingerprint density at radius 2 is 1.74 bits per heavy atom. The normalized spacial score (nSPS) is 18.2. The molecule has 0 saturated carbocycles. The summed E-state index contributed by atoms with van der Waals surface area (Å²) in [7, 11) is 3.28. The molecule has 2 aliphatic rings. The summed E-state index contributed by atoms with van der Waals surface area (Å²) in [4.78, 5) is 4.50. The first-order valence-corrected chi connectivity index (χ1v) is 11.1. The van der Waals surface area contributed by atoms with E-state index in [1.54, 1.807) is 20.5 Å². The first kappa shape index (κ1) is 20.4. The number of benzene rings is 3. The number of nitrogens with zero attached hydrogens (tertiary/aromatic N) is 3. The molecule has 0 amide bonds. The van der Waals surface area contributed by atoms with Crippen molar-refractivity contribution in [2.75, 3.05) is 19.5 Å². The average Bonchev–Trinajstić information content (AvgIpc) is 3.35. The highest BCUT2D eigenvalue weighted by Crippen LogP contribution is 2.51. The third-order valence-corrected chi connectivity index (χ3v) is 6.51. The van der Waals surface area contributed by atoms with Crippen LogP contribution in [0, 0.1) is 6.92 Å². The summed E-state index contributed by atoms with van der Waals surface area (Å²) in [5.74, 6) is 2.84. The van der Waals surface area contributed by atoms with Crippen LogP contribution in [0.15, 0.2) is 78.6 Å². The number of methoxy groups -OCH3 is 2. The molecule has 0 radical (unpaired) electrons. The van der Waals surface area contributed by atoms with Crippen molar-refractivity contribution in [2.24, 2.45) is 0 Å². The van der Waals surface area contributed by atoms with Crippen LogP contribution in [-0.2, 0) is 0 Å². The van der Waals surface area contributed by atoms with Crippen molar-refractivity contribution in [3.8, 4) is 17.2 Å². The van der Waals surface area contributed by atoms with E-state index in [0.29, 0.717) is 17.4 Å². The first-order valence-electron chi connectivity index (χ1n) is 11.1. The number of aryl methyl sites for hydroxylation is 1. The third kappa shape index (κ3) is 3.04. The fourth-order valence-corrected chi connectivity index (χ4v) is 4.90. The predicted octanol–water partition coefficient (Wildman–Crippen LogP) is 5.16. The second kappa shape index (κ2) is 7.95. The Morgan fingerprint density at radius 1 is 0.941 bits per heavy atom. The van der Waals surface area contributed by atoms with Crippen LogP contribution in [0.2, 0.25) is 0 Å². The number of anilines is 1. The number of para-hydroxylation sites is 1. The monoisotopic (exact) mass is 452 g/mol. The van der Waals surface area contributed by atoms with Gasteiger partial charge in [-0.1, -0.05) is 42.5 Å². The summed E-state index contributed by atoms with van der Waals surface area (Å²) in [6.45, 7) is 2.12. The lowest BCUT2D eigenvalue weighted by molar-refractivity contribution is 0.222. The molecule has 1 N–H and O–H groups in total. The summed E-state index contributed by atoms with van der Waals surface area (Å²) >= 11 is 0. The zero-order chi connectivity index (χ0) is 23.2. The van der Waals surface area contributed by atoms with E-state index in [4.69, 9.17) is 14.2 Å². The molecule has 7 heteroatoms. The average molecular weight is 453 g/mol. The second-order valence-corrected chi connectivity index (χ2v) is 8.35. The molecule has 34 heavy (non-hydrogen) atoms. The molecule has 4 aromatic rings. The molecule has 7 nitrogen and oxygen atoms in total. The molecule has 0 fully saturated rings.